The summed E-state index contributed by atoms with van der Waals surface area (Å²) in [6.45, 7) is 2.08. The van der Waals surface area contributed by atoms with Crippen molar-refractivity contribution in [3.8, 4) is 0 Å². The van der Waals surface area contributed by atoms with E-state index >= 15 is 0 Å². The first-order valence-electron chi connectivity index (χ1n) is 11.4. The molecule has 10 heteroatoms. The maximum atomic E-state index is 13.4. The molecule has 4 rings (SSSR count). The molecule has 2 amide bonds. The highest BCUT2D eigenvalue weighted by molar-refractivity contribution is 5.93. The Labute approximate surface area is 196 Å². The molecule has 0 aliphatic carbocycles. The number of anilines is 3. The van der Waals surface area contributed by atoms with E-state index in [-0.39, 0.29) is 30.1 Å². The summed E-state index contributed by atoms with van der Waals surface area (Å²) in [5.41, 5.74) is 6.24. The summed E-state index contributed by atoms with van der Waals surface area (Å²) in [5.74, 6) is -1.12. The van der Waals surface area contributed by atoms with Crippen LogP contribution in [0.15, 0.2) is 42.6 Å². The summed E-state index contributed by atoms with van der Waals surface area (Å²) in [5, 5.41) is 2.89. The van der Waals surface area contributed by atoms with E-state index in [1.54, 1.807) is 4.90 Å². The zero-order chi connectivity index (χ0) is 24.3. The van der Waals surface area contributed by atoms with Crippen molar-refractivity contribution >= 4 is 29.0 Å². The van der Waals surface area contributed by atoms with Crippen molar-refractivity contribution in [2.24, 2.45) is 17.6 Å². The van der Waals surface area contributed by atoms with Gasteiger partial charge in [-0.1, -0.05) is 0 Å². The average Bonchev–Trinajstić information content (AvgIpc) is 2.84. The molecule has 2 fully saturated rings. The number of halogens is 3. The molecule has 0 bridgehead atoms. The minimum absolute atomic E-state index is 0.0804. The van der Waals surface area contributed by atoms with Crippen LogP contribution in [0.1, 0.15) is 31.2 Å². The van der Waals surface area contributed by atoms with E-state index in [4.69, 9.17) is 5.73 Å². The zero-order valence-corrected chi connectivity index (χ0v) is 18.7. The SMILES string of the molecule is NC(=O)C1CCN(c2ccc(NC(=O)C3CCCN(c4ncccc4C(F)(F)F)C3)cc2)CC1. The van der Waals surface area contributed by atoms with Crippen molar-refractivity contribution in [1.82, 2.24) is 4.98 Å². The minimum atomic E-state index is -4.50. The highest BCUT2D eigenvalue weighted by Gasteiger charge is 2.37. The molecule has 0 saturated carbocycles. The van der Waals surface area contributed by atoms with Gasteiger partial charge in [-0.25, -0.2) is 4.98 Å². The molecule has 2 aromatic rings. The van der Waals surface area contributed by atoms with Crippen LogP contribution in [-0.4, -0.2) is 43.0 Å². The molecule has 7 nitrogen and oxygen atoms in total. The molecule has 0 spiro atoms. The van der Waals surface area contributed by atoms with Crippen LogP contribution in [0.25, 0.3) is 0 Å². The van der Waals surface area contributed by atoms with E-state index in [2.05, 4.69) is 15.2 Å². The fourth-order valence-electron chi connectivity index (χ4n) is 4.68. The van der Waals surface area contributed by atoms with Crippen LogP contribution < -0.4 is 20.9 Å². The molecule has 182 valence electrons. The molecule has 34 heavy (non-hydrogen) atoms. The number of nitrogens with two attached hydrogens (primary N) is 1. The Morgan fingerprint density at radius 1 is 0.971 bits per heavy atom. The number of alkyl halides is 3. The smallest absolute Gasteiger partial charge is 0.371 e. The number of primary amides is 1. The first-order chi connectivity index (χ1) is 16.2. The van der Waals surface area contributed by atoms with Crippen LogP contribution in [0.2, 0.25) is 0 Å². The van der Waals surface area contributed by atoms with Crippen LogP contribution in [0, 0.1) is 11.8 Å². The molecular formula is C24H28F3N5O2. The average molecular weight is 476 g/mol. The molecule has 0 radical (unpaired) electrons. The number of rotatable bonds is 5. The van der Waals surface area contributed by atoms with Gasteiger partial charge in [0.2, 0.25) is 11.8 Å². The van der Waals surface area contributed by atoms with E-state index in [1.807, 2.05) is 24.3 Å². The third-order valence-corrected chi connectivity index (χ3v) is 6.58. The van der Waals surface area contributed by atoms with Gasteiger partial charge in [0.1, 0.15) is 5.82 Å². The predicted octanol–water partition coefficient (Wildman–Crippen LogP) is 3.66. The van der Waals surface area contributed by atoms with Gasteiger partial charge in [-0.2, -0.15) is 13.2 Å². The lowest BCUT2D eigenvalue weighted by molar-refractivity contribution is -0.137. The van der Waals surface area contributed by atoms with Gasteiger partial charge in [-0.15, -0.1) is 0 Å². The molecular weight excluding hydrogens is 447 g/mol. The van der Waals surface area contributed by atoms with Crippen molar-refractivity contribution < 1.29 is 22.8 Å². The van der Waals surface area contributed by atoms with Gasteiger partial charge in [0.15, 0.2) is 0 Å². The number of carbonyl (C=O) groups is 2. The Hall–Kier alpha value is -3.30. The van der Waals surface area contributed by atoms with Crippen LogP contribution in [0.3, 0.4) is 0 Å². The number of nitrogens with one attached hydrogen (secondary N) is 1. The van der Waals surface area contributed by atoms with E-state index < -0.39 is 17.7 Å². The van der Waals surface area contributed by atoms with Crippen molar-refractivity contribution in [1.29, 1.82) is 0 Å². The van der Waals surface area contributed by atoms with Gasteiger partial charge < -0.3 is 20.9 Å². The third-order valence-electron chi connectivity index (χ3n) is 6.58. The monoisotopic (exact) mass is 475 g/mol. The standard InChI is InChI=1S/C24H28F3N5O2/c25-24(26,27)20-4-1-11-29-22(20)32-12-2-3-17(15-32)23(34)30-18-5-7-19(8-6-18)31-13-9-16(10-14-31)21(28)33/h1,4-8,11,16-17H,2-3,9-10,12-15H2,(H2,28,33)(H,30,34). The fraction of sp³-hybridized carbons (Fsp3) is 0.458. The van der Waals surface area contributed by atoms with Crippen LogP contribution in [0.4, 0.5) is 30.4 Å². The first kappa shape index (κ1) is 23.8. The van der Waals surface area contributed by atoms with Gasteiger partial charge in [-0.3, -0.25) is 9.59 Å². The molecule has 2 aliphatic rings. The van der Waals surface area contributed by atoms with Gasteiger partial charge in [-0.05, 0) is 62.1 Å². The van der Waals surface area contributed by atoms with Gasteiger partial charge in [0.25, 0.3) is 0 Å². The molecule has 1 unspecified atom stereocenters. The number of piperidine rings is 2. The molecule has 3 N–H and O–H groups in total. The summed E-state index contributed by atoms with van der Waals surface area (Å²) in [7, 11) is 0. The molecule has 1 aromatic heterocycles. The minimum Gasteiger partial charge on any atom is -0.371 e. The summed E-state index contributed by atoms with van der Waals surface area (Å²) in [6.07, 6.45) is -0.520. The summed E-state index contributed by atoms with van der Waals surface area (Å²) in [4.78, 5) is 31.9. The first-order valence-corrected chi connectivity index (χ1v) is 11.4. The Balaban J connectivity index is 1.36. The van der Waals surface area contributed by atoms with Crippen LogP contribution >= 0.6 is 0 Å². The third kappa shape index (κ3) is 5.43. The largest absolute Gasteiger partial charge is 0.419 e. The Bertz CT molecular complexity index is 1020. The summed E-state index contributed by atoms with van der Waals surface area (Å²) >= 11 is 0. The number of nitrogens with zero attached hydrogens (tertiary/aromatic N) is 3. The Morgan fingerprint density at radius 3 is 2.32 bits per heavy atom. The highest BCUT2D eigenvalue weighted by Crippen LogP contribution is 2.36. The van der Waals surface area contributed by atoms with Gasteiger partial charge in [0.05, 0.1) is 11.5 Å². The lowest BCUT2D eigenvalue weighted by atomic mass is 9.96. The van der Waals surface area contributed by atoms with Gasteiger partial charge in [0, 0.05) is 49.7 Å². The second kappa shape index (κ2) is 9.90. The Morgan fingerprint density at radius 2 is 1.68 bits per heavy atom. The van der Waals surface area contributed by atoms with Crippen molar-refractivity contribution in [3.63, 3.8) is 0 Å². The topological polar surface area (TPSA) is 91.6 Å². The molecule has 2 saturated heterocycles. The number of amides is 2. The quantitative estimate of drug-likeness (QED) is 0.689. The highest BCUT2D eigenvalue weighted by atomic mass is 19.4. The van der Waals surface area contributed by atoms with Crippen molar-refractivity contribution in [2.45, 2.75) is 31.9 Å². The zero-order valence-electron chi connectivity index (χ0n) is 18.7. The Kier molecular flexibility index (Phi) is 6.95. The predicted molar refractivity (Wildman–Crippen MR) is 123 cm³/mol. The van der Waals surface area contributed by atoms with Crippen LogP contribution in [0.5, 0.6) is 0 Å². The number of benzene rings is 1. The molecule has 2 aliphatic heterocycles. The van der Waals surface area contributed by atoms with E-state index in [1.165, 1.54) is 12.3 Å². The maximum Gasteiger partial charge on any atom is 0.419 e. The number of hydrogen-bond donors (Lipinski definition) is 2. The summed E-state index contributed by atoms with van der Waals surface area (Å²) in [6, 6.07) is 9.74. The number of hydrogen-bond acceptors (Lipinski definition) is 5. The van der Waals surface area contributed by atoms with Crippen LogP contribution in [-0.2, 0) is 15.8 Å². The van der Waals surface area contributed by atoms with E-state index in [9.17, 15) is 22.8 Å². The number of aromatic nitrogens is 1. The normalized spacial score (nSPS) is 19.7. The van der Waals surface area contributed by atoms with Crippen molar-refractivity contribution in [2.75, 3.05) is 41.3 Å². The lowest BCUT2D eigenvalue weighted by Gasteiger charge is -2.34. The summed E-state index contributed by atoms with van der Waals surface area (Å²) < 4.78 is 40.2. The van der Waals surface area contributed by atoms with E-state index in [0.29, 0.717) is 25.1 Å². The van der Waals surface area contributed by atoms with Crippen molar-refractivity contribution in [3.05, 3.63) is 48.2 Å². The molecule has 3 heterocycles. The second-order valence-corrected chi connectivity index (χ2v) is 8.86. The second-order valence-electron chi connectivity index (χ2n) is 8.86. The molecule has 1 aromatic carbocycles. The fourth-order valence-corrected chi connectivity index (χ4v) is 4.68. The van der Waals surface area contributed by atoms with Gasteiger partial charge >= 0.3 is 6.18 Å². The maximum absolute atomic E-state index is 13.4. The number of pyridine rings is 1. The molecule has 1 atom stereocenters. The number of carbonyl (C=O) groups excluding carboxylic acids is 2. The lowest BCUT2D eigenvalue weighted by Crippen LogP contribution is -2.42. The van der Waals surface area contributed by atoms with E-state index in [0.717, 1.165) is 37.7 Å².